The molecule has 0 saturated heterocycles. The molecule has 4 heteroatoms. The first-order valence-electron chi connectivity index (χ1n) is 6.36. The van der Waals surface area contributed by atoms with E-state index >= 15 is 0 Å². The van der Waals surface area contributed by atoms with Crippen LogP contribution in [0.2, 0.25) is 5.02 Å². The summed E-state index contributed by atoms with van der Waals surface area (Å²) in [7, 11) is 0. The summed E-state index contributed by atoms with van der Waals surface area (Å²) in [5.74, 6) is 0.135. The molecule has 0 aromatic heterocycles. The van der Waals surface area contributed by atoms with E-state index in [4.69, 9.17) is 11.6 Å². The van der Waals surface area contributed by atoms with Crippen molar-refractivity contribution in [1.29, 1.82) is 0 Å². The summed E-state index contributed by atoms with van der Waals surface area (Å²) in [6.07, 6.45) is 0.427. The van der Waals surface area contributed by atoms with E-state index in [0.717, 1.165) is 10.0 Å². The third kappa shape index (κ3) is 4.09. The van der Waals surface area contributed by atoms with Crippen molar-refractivity contribution in [2.45, 2.75) is 19.3 Å². The Hall–Kier alpha value is -1.32. The Bertz CT molecular complexity index is 601. The highest BCUT2D eigenvalue weighted by molar-refractivity contribution is 9.10. The van der Waals surface area contributed by atoms with Gasteiger partial charge in [-0.1, -0.05) is 64.8 Å². The van der Waals surface area contributed by atoms with Gasteiger partial charge in [0.15, 0.2) is 0 Å². The molecule has 0 bridgehead atoms. The van der Waals surface area contributed by atoms with Gasteiger partial charge in [0.05, 0.1) is 10.7 Å². The molecule has 0 saturated carbocycles. The summed E-state index contributed by atoms with van der Waals surface area (Å²) in [4.78, 5) is 12.1. The maximum absolute atomic E-state index is 12.1. The molecule has 1 amide bonds. The lowest BCUT2D eigenvalue weighted by Gasteiger charge is -2.12. The van der Waals surface area contributed by atoms with Crippen molar-refractivity contribution in [2.75, 3.05) is 5.32 Å². The van der Waals surface area contributed by atoms with Crippen molar-refractivity contribution in [1.82, 2.24) is 0 Å². The van der Waals surface area contributed by atoms with Gasteiger partial charge in [0.25, 0.3) is 0 Å². The molecule has 2 rings (SSSR count). The zero-order valence-electron chi connectivity index (χ0n) is 11.1. The third-order valence-electron chi connectivity index (χ3n) is 3.07. The lowest BCUT2D eigenvalue weighted by Crippen LogP contribution is -2.14. The zero-order chi connectivity index (χ0) is 14.5. The van der Waals surface area contributed by atoms with E-state index in [0.29, 0.717) is 17.1 Å². The quantitative estimate of drug-likeness (QED) is 0.801. The Morgan fingerprint density at radius 3 is 2.60 bits per heavy atom. The van der Waals surface area contributed by atoms with Crippen molar-refractivity contribution < 1.29 is 4.79 Å². The summed E-state index contributed by atoms with van der Waals surface area (Å²) in [6.45, 7) is 2.04. The maximum atomic E-state index is 12.1. The molecule has 1 N–H and O–H groups in total. The Morgan fingerprint density at radius 1 is 1.25 bits per heavy atom. The van der Waals surface area contributed by atoms with Gasteiger partial charge >= 0.3 is 0 Å². The Morgan fingerprint density at radius 2 is 1.95 bits per heavy atom. The van der Waals surface area contributed by atoms with E-state index in [1.165, 1.54) is 0 Å². The maximum Gasteiger partial charge on any atom is 0.225 e. The molecule has 2 nitrogen and oxygen atoms in total. The van der Waals surface area contributed by atoms with Gasteiger partial charge < -0.3 is 5.32 Å². The predicted molar refractivity (Wildman–Crippen MR) is 87.3 cm³/mol. The van der Waals surface area contributed by atoms with Crippen molar-refractivity contribution in [2.24, 2.45) is 0 Å². The fraction of sp³-hybridized carbons (Fsp3) is 0.188. The number of benzene rings is 2. The molecule has 2 aromatic carbocycles. The van der Waals surface area contributed by atoms with E-state index in [-0.39, 0.29) is 11.8 Å². The van der Waals surface area contributed by atoms with E-state index in [2.05, 4.69) is 21.2 Å². The minimum Gasteiger partial charge on any atom is -0.325 e. The molecular weight excluding hydrogens is 338 g/mol. The highest BCUT2D eigenvalue weighted by Gasteiger charge is 2.12. The number of carbonyl (C=O) groups excluding carboxylic acids is 1. The van der Waals surface area contributed by atoms with Gasteiger partial charge in [-0.15, -0.1) is 0 Å². The van der Waals surface area contributed by atoms with E-state index in [9.17, 15) is 4.79 Å². The van der Waals surface area contributed by atoms with Crippen LogP contribution in [0.1, 0.15) is 24.8 Å². The summed E-state index contributed by atoms with van der Waals surface area (Å²) < 4.78 is 0.887. The molecular formula is C16H15BrClNO. The lowest BCUT2D eigenvalue weighted by molar-refractivity contribution is -0.116. The first kappa shape index (κ1) is 15.1. The van der Waals surface area contributed by atoms with Gasteiger partial charge in [-0.25, -0.2) is 0 Å². The number of hydrogen-bond acceptors (Lipinski definition) is 1. The molecule has 0 radical (unpaired) electrons. The number of carbonyl (C=O) groups is 1. The van der Waals surface area contributed by atoms with Crippen molar-refractivity contribution in [3.8, 4) is 0 Å². The van der Waals surface area contributed by atoms with Crippen LogP contribution in [0, 0.1) is 0 Å². The molecule has 0 fully saturated rings. The largest absolute Gasteiger partial charge is 0.325 e. The first-order valence-corrected chi connectivity index (χ1v) is 7.53. The zero-order valence-corrected chi connectivity index (χ0v) is 13.4. The number of anilines is 1. The van der Waals surface area contributed by atoms with Crippen LogP contribution in [0.3, 0.4) is 0 Å². The fourth-order valence-electron chi connectivity index (χ4n) is 1.97. The smallest absolute Gasteiger partial charge is 0.225 e. The van der Waals surface area contributed by atoms with Gasteiger partial charge in [0.1, 0.15) is 0 Å². The topological polar surface area (TPSA) is 29.1 Å². The first-order chi connectivity index (χ1) is 9.56. The highest BCUT2D eigenvalue weighted by Crippen LogP contribution is 2.26. The molecule has 2 aromatic rings. The molecule has 0 unspecified atom stereocenters. The number of halogens is 2. The summed E-state index contributed by atoms with van der Waals surface area (Å²) in [5, 5.41) is 3.37. The van der Waals surface area contributed by atoms with Gasteiger partial charge in [-0.2, -0.15) is 0 Å². The SMILES string of the molecule is C[C@@H](CC(=O)Nc1ccc(Br)cc1Cl)c1ccccc1. The van der Waals surface area contributed by atoms with Crippen molar-refractivity contribution >= 4 is 39.1 Å². The Kier molecular flexibility index (Phi) is 5.21. The average Bonchev–Trinajstić information content (AvgIpc) is 2.43. The van der Waals surface area contributed by atoms with Gasteiger partial charge in [-0.05, 0) is 29.7 Å². The minimum atomic E-state index is -0.0365. The summed E-state index contributed by atoms with van der Waals surface area (Å²) in [6, 6.07) is 15.4. The molecule has 0 heterocycles. The number of hydrogen-bond donors (Lipinski definition) is 1. The van der Waals surface area contributed by atoms with Crippen LogP contribution in [-0.2, 0) is 4.79 Å². The third-order valence-corrected chi connectivity index (χ3v) is 3.87. The predicted octanol–water partition coefficient (Wildman–Crippen LogP) is 5.23. The van der Waals surface area contributed by atoms with E-state index in [1.54, 1.807) is 12.1 Å². The van der Waals surface area contributed by atoms with Crippen LogP contribution in [0.5, 0.6) is 0 Å². The number of amides is 1. The molecule has 0 aliphatic heterocycles. The highest BCUT2D eigenvalue weighted by atomic mass is 79.9. The normalized spacial score (nSPS) is 11.9. The summed E-state index contributed by atoms with van der Waals surface area (Å²) in [5.41, 5.74) is 1.80. The van der Waals surface area contributed by atoms with Gasteiger partial charge in [0, 0.05) is 10.9 Å². The van der Waals surface area contributed by atoms with Crippen molar-refractivity contribution in [3.05, 3.63) is 63.6 Å². The Balaban J connectivity index is 1.99. The second-order valence-corrected chi connectivity index (χ2v) is 6.01. The summed E-state index contributed by atoms with van der Waals surface area (Å²) >= 11 is 9.42. The van der Waals surface area contributed by atoms with Crippen LogP contribution in [0.4, 0.5) is 5.69 Å². The molecule has 1 atom stereocenters. The van der Waals surface area contributed by atoms with Crippen LogP contribution in [-0.4, -0.2) is 5.91 Å². The second-order valence-electron chi connectivity index (χ2n) is 4.69. The number of nitrogens with one attached hydrogen (secondary N) is 1. The van der Waals surface area contributed by atoms with E-state index in [1.807, 2.05) is 43.3 Å². The van der Waals surface area contributed by atoms with Crippen LogP contribution < -0.4 is 5.32 Å². The lowest BCUT2D eigenvalue weighted by atomic mass is 9.97. The molecule has 0 spiro atoms. The average molecular weight is 353 g/mol. The standard InChI is InChI=1S/C16H15BrClNO/c1-11(12-5-3-2-4-6-12)9-16(20)19-15-8-7-13(17)10-14(15)18/h2-8,10-11H,9H2,1H3,(H,19,20)/t11-/m0/s1. The van der Waals surface area contributed by atoms with Gasteiger partial charge in [-0.3, -0.25) is 4.79 Å². The second kappa shape index (κ2) is 6.91. The monoisotopic (exact) mass is 351 g/mol. The van der Waals surface area contributed by atoms with Crippen LogP contribution in [0.25, 0.3) is 0 Å². The van der Waals surface area contributed by atoms with Crippen LogP contribution >= 0.6 is 27.5 Å². The number of rotatable bonds is 4. The fourth-order valence-corrected chi connectivity index (χ4v) is 2.69. The molecule has 0 aliphatic rings. The van der Waals surface area contributed by atoms with E-state index < -0.39 is 0 Å². The Labute approximate surface area is 132 Å². The molecule has 104 valence electrons. The van der Waals surface area contributed by atoms with Crippen molar-refractivity contribution in [3.63, 3.8) is 0 Å². The minimum absolute atomic E-state index is 0.0365. The molecule has 20 heavy (non-hydrogen) atoms. The molecule has 0 aliphatic carbocycles. The van der Waals surface area contributed by atoms with Crippen LogP contribution in [0.15, 0.2) is 53.0 Å². The van der Waals surface area contributed by atoms with Gasteiger partial charge in [0.2, 0.25) is 5.91 Å².